The third-order valence-electron chi connectivity index (χ3n) is 2.93. The lowest BCUT2D eigenvalue weighted by atomic mass is 10.2. The zero-order valence-electron chi connectivity index (χ0n) is 13.5. The Bertz CT molecular complexity index is 769. The molecule has 0 aliphatic heterocycles. The lowest BCUT2D eigenvalue weighted by Crippen LogP contribution is -2.35. The van der Waals surface area contributed by atoms with Gasteiger partial charge in [-0.2, -0.15) is 0 Å². The van der Waals surface area contributed by atoms with Gasteiger partial charge in [0, 0.05) is 26.0 Å². The third kappa shape index (κ3) is 5.31. The highest BCUT2D eigenvalue weighted by Crippen LogP contribution is 2.20. The van der Waals surface area contributed by atoms with Crippen molar-refractivity contribution >= 4 is 17.8 Å². The maximum absolute atomic E-state index is 12.0. The zero-order chi connectivity index (χ0) is 18.4. The summed E-state index contributed by atoms with van der Waals surface area (Å²) in [5.74, 6) is -2.17. The van der Waals surface area contributed by atoms with Crippen LogP contribution in [0.1, 0.15) is 24.2 Å². The fraction of sp³-hybridized carbons (Fsp3) is 0.176. The number of esters is 1. The molecule has 0 unspecified atom stereocenters. The molecule has 2 aromatic carbocycles. The van der Waals surface area contributed by atoms with Crippen LogP contribution in [0.5, 0.6) is 5.75 Å². The average molecular weight is 345 g/mol. The van der Waals surface area contributed by atoms with Crippen LogP contribution in [0, 0.1) is 10.1 Å². The number of benzene rings is 2. The summed E-state index contributed by atoms with van der Waals surface area (Å²) in [6, 6.07) is 13.1. The molecule has 0 saturated heterocycles. The fourth-order valence-corrected chi connectivity index (χ4v) is 1.83. The van der Waals surface area contributed by atoms with E-state index >= 15 is 0 Å². The number of carbonyl (C=O) groups excluding carboxylic acids is 2. The van der Waals surface area contributed by atoms with Crippen LogP contribution < -0.4 is 4.74 Å². The molecule has 0 aliphatic carbocycles. The zero-order valence-corrected chi connectivity index (χ0v) is 13.5. The number of non-ortho nitro benzene ring substituents is 1. The molecule has 2 rings (SSSR count). The molecule has 0 radical (unpaired) electrons. The summed E-state index contributed by atoms with van der Waals surface area (Å²) >= 11 is 0. The summed E-state index contributed by atoms with van der Waals surface area (Å²) < 4.78 is 15.0. The first-order chi connectivity index (χ1) is 11.8. The monoisotopic (exact) mass is 345 g/mol. The van der Waals surface area contributed by atoms with Gasteiger partial charge >= 0.3 is 12.1 Å². The molecule has 25 heavy (non-hydrogen) atoms. The number of nitro groups is 1. The largest absolute Gasteiger partial charge is 0.517 e. The SMILES string of the molecule is CC(C)(OC(=O)Oc1ccc([N+](=O)[O-])cc1)OC(=O)c1ccccc1. The summed E-state index contributed by atoms with van der Waals surface area (Å²) in [5, 5.41) is 10.6. The lowest BCUT2D eigenvalue weighted by Gasteiger charge is -2.24. The van der Waals surface area contributed by atoms with Crippen LogP contribution in [0.3, 0.4) is 0 Å². The minimum atomic E-state index is -1.56. The van der Waals surface area contributed by atoms with E-state index in [1.54, 1.807) is 30.3 Å². The summed E-state index contributed by atoms with van der Waals surface area (Å²) in [6.45, 7) is 2.76. The van der Waals surface area contributed by atoms with Crippen molar-refractivity contribution in [3.63, 3.8) is 0 Å². The molecule has 0 aromatic heterocycles. The molecule has 0 amide bonds. The summed E-state index contributed by atoms with van der Waals surface area (Å²) in [6.07, 6.45) is -1.11. The second kappa shape index (κ2) is 7.43. The predicted molar refractivity (Wildman–Crippen MR) is 86.1 cm³/mol. The highest BCUT2D eigenvalue weighted by atomic mass is 16.8. The van der Waals surface area contributed by atoms with E-state index in [0.29, 0.717) is 5.56 Å². The molecular weight excluding hydrogens is 330 g/mol. The van der Waals surface area contributed by atoms with Gasteiger partial charge in [-0.25, -0.2) is 9.59 Å². The van der Waals surface area contributed by atoms with Crippen molar-refractivity contribution in [2.45, 2.75) is 19.6 Å². The van der Waals surface area contributed by atoms with E-state index in [-0.39, 0.29) is 11.4 Å². The van der Waals surface area contributed by atoms with Crippen LogP contribution in [0.25, 0.3) is 0 Å². The molecule has 8 heteroatoms. The molecule has 8 nitrogen and oxygen atoms in total. The van der Waals surface area contributed by atoms with Crippen LogP contribution in [-0.4, -0.2) is 22.8 Å². The molecule has 0 N–H and O–H groups in total. The summed E-state index contributed by atoms with van der Waals surface area (Å²) in [4.78, 5) is 33.8. The van der Waals surface area contributed by atoms with E-state index in [1.807, 2.05) is 0 Å². The van der Waals surface area contributed by atoms with Crippen LogP contribution in [0.4, 0.5) is 10.5 Å². The minimum Gasteiger partial charge on any atom is -0.419 e. The highest BCUT2D eigenvalue weighted by Gasteiger charge is 2.29. The Morgan fingerprint density at radius 2 is 1.56 bits per heavy atom. The van der Waals surface area contributed by atoms with Crippen LogP contribution in [0.2, 0.25) is 0 Å². The molecule has 0 fully saturated rings. The van der Waals surface area contributed by atoms with E-state index in [9.17, 15) is 19.7 Å². The van der Waals surface area contributed by atoms with Gasteiger partial charge in [-0.15, -0.1) is 0 Å². The number of hydrogen-bond acceptors (Lipinski definition) is 7. The molecule has 0 heterocycles. The lowest BCUT2D eigenvalue weighted by molar-refractivity contribution is -0.384. The van der Waals surface area contributed by atoms with Crippen molar-refractivity contribution in [1.82, 2.24) is 0 Å². The number of carbonyl (C=O) groups is 2. The van der Waals surface area contributed by atoms with Crippen molar-refractivity contribution in [2.75, 3.05) is 0 Å². The van der Waals surface area contributed by atoms with Crippen LogP contribution in [0.15, 0.2) is 54.6 Å². The first kappa shape index (κ1) is 17.9. The molecule has 0 atom stereocenters. The molecule has 2 aromatic rings. The van der Waals surface area contributed by atoms with Gasteiger partial charge in [0.05, 0.1) is 10.5 Å². The molecule has 0 saturated carbocycles. The number of nitrogens with zero attached hydrogens (tertiary/aromatic N) is 1. The van der Waals surface area contributed by atoms with Crippen LogP contribution in [-0.2, 0) is 9.47 Å². The van der Waals surface area contributed by atoms with Gasteiger partial charge in [-0.1, -0.05) is 18.2 Å². The van der Waals surface area contributed by atoms with E-state index in [0.717, 1.165) is 0 Å². The number of hydrogen-bond donors (Lipinski definition) is 0. The van der Waals surface area contributed by atoms with Crippen molar-refractivity contribution in [2.24, 2.45) is 0 Å². The standard InChI is InChI=1S/C17H15NO7/c1-17(2,24-15(19)12-6-4-3-5-7-12)25-16(20)23-14-10-8-13(9-11-14)18(21)22/h3-11H,1-2H3. The molecule has 0 aliphatic rings. The Kier molecular flexibility index (Phi) is 5.33. The van der Waals surface area contributed by atoms with Gasteiger partial charge < -0.3 is 14.2 Å². The third-order valence-corrected chi connectivity index (χ3v) is 2.93. The van der Waals surface area contributed by atoms with E-state index < -0.39 is 22.8 Å². The minimum absolute atomic E-state index is 0.0563. The first-order valence-electron chi connectivity index (χ1n) is 7.20. The van der Waals surface area contributed by atoms with Gasteiger partial charge in [0.2, 0.25) is 0 Å². The smallest absolute Gasteiger partial charge is 0.419 e. The maximum Gasteiger partial charge on any atom is 0.517 e. The topological polar surface area (TPSA) is 105 Å². The molecule has 0 bridgehead atoms. The van der Waals surface area contributed by atoms with Crippen molar-refractivity contribution in [3.8, 4) is 5.75 Å². The van der Waals surface area contributed by atoms with Crippen LogP contribution >= 0.6 is 0 Å². The first-order valence-corrected chi connectivity index (χ1v) is 7.20. The summed E-state index contributed by atoms with van der Waals surface area (Å²) in [5.41, 5.74) is 0.167. The number of nitro benzene ring substituents is 1. The second-order valence-corrected chi connectivity index (χ2v) is 5.36. The normalized spacial score (nSPS) is 10.6. The fourth-order valence-electron chi connectivity index (χ4n) is 1.83. The average Bonchev–Trinajstić information content (AvgIpc) is 2.55. The van der Waals surface area contributed by atoms with Crippen molar-refractivity contribution in [1.29, 1.82) is 0 Å². The van der Waals surface area contributed by atoms with Gasteiger partial charge in [-0.3, -0.25) is 10.1 Å². The maximum atomic E-state index is 12.0. The van der Waals surface area contributed by atoms with Crippen molar-refractivity contribution in [3.05, 3.63) is 70.3 Å². The van der Waals surface area contributed by atoms with E-state index in [4.69, 9.17) is 14.2 Å². The van der Waals surface area contributed by atoms with Gasteiger partial charge in [0.25, 0.3) is 11.5 Å². The number of ether oxygens (including phenoxy) is 3. The quantitative estimate of drug-likeness (QED) is 0.267. The Morgan fingerprint density at radius 1 is 0.960 bits per heavy atom. The van der Waals surface area contributed by atoms with Gasteiger partial charge in [0.1, 0.15) is 5.75 Å². The summed E-state index contributed by atoms with van der Waals surface area (Å²) in [7, 11) is 0. The predicted octanol–water partition coefficient (Wildman–Crippen LogP) is 3.70. The molecule has 130 valence electrons. The van der Waals surface area contributed by atoms with E-state index in [1.165, 1.54) is 38.1 Å². The van der Waals surface area contributed by atoms with Gasteiger partial charge in [0.15, 0.2) is 0 Å². The second-order valence-electron chi connectivity index (χ2n) is 5.36. The Balaban J connectivity index is 1.94. The number of rotatable bonds is 5. The Hall–Kier alpha value is -3.42. The van der Waals surface area contributed by atoms with Gasteiger partial charge in [-0.05, 0) is 24.3 Å². The van der Waals surface area contributed by atoms with E-state index in [2.05, 4.69) is 0 Å². The molecular formula is C17H15NO7. The Morgan fingerprint density at radius 3 is 2.12 bits per heavy atom. The Labute approximate surface area is 143 Å². The van der Waals surface area contributed by atoms with Crippen molar-refractivity contribution < 1.29 is 28.7 Å². The highest BCUT2D eigenvalue weighted by molar-refractivity contribution is 5.89. The molecule has 0 spiro atoms.